The standard InChI is InChI=1S/C21H22FN3O2/c1-23-20(27)21(10-14-5-3-2-4-6-14)11-17-7-8-18(21)25(17)19(26)15-9-16(22)13-24-12-15/h2-6,9,12-13,17-18H,7-8,10-11H2,1H3,(H,23,27)/t17-,18+,21+/m0/s1. The molecule has 3 atom stereocenters. The van der Waals surface area contributed by atoms with Gasteiger partial charge in [-0.05, 0) is 37.3 Å². The molecule has 0 aliphatic carbocycles. The number of carbonyl (C=O) groups excluding carboxylic acids is 2. The van der Waals surface area contributed by atoms with Crippen LogP contribution in [-0.4, -0.2) is 40.8 Å². The molecule has 2 fully saturated rings. The second-order valence-electron chi connectivity index (χ2n) is 7.45. The molecule has 0 spiro atoms. The molecule has 4 rings (SSSR count). The molecule has 27 heavy (non-hydrogen) atoms. The highest BCUT2D eigenvalue weighted by atomic mass is 19.1. The second kappa shape index (κ2) is 6.76. The Labute approximate surface area is 157 Å². The summed E-state index contributed by atoms with van der Waals surface area (Å²) in [6.07, 6.45) is 5.33. The Bertz CT molecular complexity index is 873. The second-order valence-corrected chi connectivity index (χ2v) is 7.45. The van der Waals surface area contributed by atoms with Crippen LogP contribution in [0, 0.1) is 11.2 Å². The lowest BCUT2D eigenvalue weighted by atomic mass is 9.69. The van der Waals surface area contributed by atoms with Gasteiger partial charge in [0.15, 0.2) is 0 Å². The van der Waals surface area contributed by atoms with Crippen molar-refractivity contribution >= 4 is 11.8 Å². The molecule has 2 aromatic rings. The maximum Gasteiger partial charge on any atom is 0.256 e. The number of hydrogen-bond donors (Lipinski definition) is 1. The highest BCUT2D eigenvalue weighted by molar-refractivity contribution is 5.96. The van der Waals surface area contributed by atoms with Gasteiger partial charge in [0.25, 0.3) is 5.91 Å². The van der Waals surface area contributed by atoms with Crippen molar-refractivity contribution in [1.29, 1.82) is 0 Å². The number of nitrogens with one attached hydrogen (secondary N) is 1. The minimum Gasteiger partial charge on any atom is -0.359 e. The number of aromatic nitrogens is 1. The van der Waals surface area contributed by atoms with Crippen LogP contribution in [0.5, 0.6) is 0 Å². The van der Waals surface area contributed by atoms with Crippen LogP contribution in [0.3, 0.4) is 0 Å². The maximum atomic E-state index is 13.5. The summed E-state index contributed by atoms with van der Waals surface area (Å²) in [5.74, 6) is -0.809. The van der Waals surface area contributed by atoms with Gasteiger partial charge in [-0.1, -0.05) is 30.3 Å². The van der Waals surface area contributed by atoms with E-state index in [9.17, 15) is 14.0 Å². The summed E-state index contributed by atoms with van der Waals surface area (Å²) in [7, 11) is 1.64. The van der Waals surface area contributed by atoms with Crippen LogP contribution >= 0.6 is 0 Å². The molecule has 1 aromatic carbocycles. The van der Waals surface area contributed by atoms with E-state index in [-0.39, 0.29) is 29.5 Å². The van der Waals surface area contributed by atoms with Gasteiger partial charge in [-0.15, -0.1) is 0 Å². The van der Waals surface area contributed by atoms with Gasteiger partial charge < -0.3 is 10.2 Å². The number of carbonyl (C=O) groups is 2. The van der Waals surface area contributed by atoms with E-state index in [0.29, 0.717) is 12.8 Å². The van der Waals surface area contributed by atoms with Gasteiger partial charge in [0.2, 0.25) is 5.91 Å². The minimum atomic E-state index is -0.657. The molecular weight excluding hydrogens is 345 g/mol. The Morgan fingerprint density at radius 2 is 2.04 bits per heavy atom. The van der Waals surface area contributed by atoms with Crippen molar-refractivity contribution in [2.75, 3.05) is 7.05 Å². The minimum absolute atomic E-state index is 0.00761. The van der Waals surface area contributed by atoms with Crippen molar-refractivity contribution in [1.82, 2.24) is 15.2 Å². The third kappa shape index (κ3) is 2.89. The summed E-state index contributed by atoms with van der Waals surface area (Å²) in [4.78, 5) is 31.7. The monoisotopic (exact) mass is 367 g/mol. The number of hydrogen-bond acceptors (Lipinski definition) is 3. The van der Waals surface area contributed by atoms with Crippen molar-refractivity contribution in [3.63, 3.8) is 0 Å². The third-order valence-electron chi connectivity index (χ3n) is 5.97. The van der Waals surface area contributed by atoms with Crippen molar-refractivity contribution in [2.45, 2.75) is 37.8 Å². The van der Waals surface area contributed by atoms with Crippen molar-refractivity contribution in [3.05, 3.63) is 65.7 Å². The Kier molecular flexibility index (Phi) is 4.42. The first-order chi connectivity index (χ1) is 13.0. The zero-order chi connectivity index (χ0) is 19.0. The summed E-state index contributed by atoms with van der Waals surface area (Å²) < 4.78 is 13.5. The lowest BCUT2D eigenvalue weighted by Crippen LogP contribution is -2.50. The SMILES string of the molecule is CNC(=O)[C@]1(Cc2ccccc2)C[C@@H]2CC[C@H]1N2C(=O)c1cncc(F)c1. The largest absolute Gasteiger partial charge is 0.359 e. The Balaban J connectivity index is 1.69. The van der Waals surface area contributed by atoms with E-state index in [1.807, 2.05) is 30.3 Å². The van der Waals surface area contributed by atoms with Crippen molar-refractivity contribution in [3.8, 4) is 0 Å². The number of fused-ring (bicyclic) bond motifs is 2. The molecule has 5 nitrogen and oxygen atoms in total. The van der Waals surface area contributed by atoms with Crippen LogP contribution < -0.4 is 5.32 Å². The lowest BCUT2D eigenvalue weighted by Gasteiger charge is -2.36. The van der Waals surface area contributed by atoms with Crippen LogP contribution in [-0.2, 0) is 11.2 Å². The first-order valence-corrected chi connectivity index (χ1v) is 9.24. The van der Waals surface area contributed by atoms with Crippen LogP contribution in [0.15, 0.2) is 48.8 Å². The van der Waals surface area contributed by atoms with E-state index in [0.717, 1.165) is 24.6 Å². The molecule has 0 unspecified atom stereocenters. The first kappa shape index (κ1) is 17.6. The summed E-state index contributed by atoms with van der Waals surface area (Å²) in [5, 5.41) is 2.81. The molecule has 2 amide bonds. The molecule has 2 aliphatic rings. The molecular formula is C21H22FN3O2. The quantitative estimate of drug-likeness (QED) is 0.903. The predicted molar refractivity (Wildman–Crippen MR) is 98.4 cm³/mol. The van der Waals surface area contributed by atoms with Gasteiger partial charge in [-0.2, -0.15) is 0 Å². The number of rotatable bonds is 4. The molecule has 2 aliphatic heterocycles. The average Bonchev–Trinajstić information content (AvgIpc) is 3.24. The van der Waals surface area contributed by atoms with Crippen molar-refractivity contribution in [2.24, 2.45) is 5.41 Å². The molecule has 1 aromatic heterocycles. The zero-order valence-corrected chi connectivity index (χ0v) is 15.2. The number of halogens is 1. The molecule has 0 radical (unpaired) electrons. The number of pyridine rings is 1. The number of benzene rings is 1. The smallest absolute Gasteiger partial charge is 0.256 e. The summed E-state index contributed by atoms with van der Waals surface area (Å²) in [6.45, 7) is 0. The fourth-order valence-corrected chi connectivity index (χ4v) is 4.89. The first-order valence-electron chi connectivity index (χ1n) is 9.24. The van der Waals surface area contributed by atoms with E-state index >= 15 is 0 Å². The average molecular weight is 367 g/mol. The normalized spacial score (nSPS) is 26.2. The van der Waals surface area contributed by atoms with Crippen LogP contribution in [0.1, 0.15) is 35.2 Å². The van der Waals surface area contributed by atoms with Gasteiger partial charge in [-0.25, -0.2) is 4.39 Å². The van der Waals surface area contributed by atoms with E-state index in [2.05, 4.69) is 10.3 Å². The molecule has 6 heteroatoms. The lowest BCUT2D eigenvalue weighted by molar-refractivity contribution is -0.132. The summed E-state index contributed by atoms with van der Waals surface area (Å²) in [5.41, 5.74) is 0.655. The molecule has 3 heterocycles. The number of nitrogens with zero attached hydrogens (tertiary/aromatic N) is 2. The number of amides is 2. The van der Waals surface area contributed by atoms with E-state index in [1.165, 1.54) is 12.3 Å². The molecule has 2 saturated heterocycles. The van der Waals surface area contributed by atoms with Crippen LogP contribution in [0.25, 0.3) is 0 Å². The van der Waals surface area contributed by atoms with Crippen LogP contribution in [0.2, 0.25) is 0 Å². The molecule has 0 saturated carbocycles. The van der Waals surface area contributed by atoms with Crippen molar-refractivity contribution < 1.29 is 14.0 Å². The Morgan fingerprint density at radius 3 is 2.74 bits per heavy atom. The predicted octanol–water partition coefficient (Wildman–Crippen LogP) is 2.57. The van der Waals surface area contributed by atoms with E-state index < -0.39 is 11.2 Å². The van der Waals surface area contributed by atoms with Gasteiger partial charge in [0, 0.05) is 25.3 Å². The topological polar surface area (TPSA) is 62.3 Å². The van der Waals surface area contributed by atoms with E-state index in [1.54, 1.807) is 11.9 Å². The van der Waals surface area contributed by atoms with Gasteiger partial charge in [0.1, 0.15) is 5.82 Å². The fraction of sp³-hybridized carbons (Fsp3) is 0.381. The molecule has 1 N–H and O–H groups in total. The van der Waals surface area contributed by atoms with E-state index in [4.69, 9.17) is 0 Å². The third-order valence-corrected chi connectivity index (χ3v) is 5.97. The molecule has 2 bridgehead atoms. The maximum absolute atomic E-state index is 13.5. The summed E-state index contributed by atoms with van der Waals surface area (Å²) in [6, 6.07) is 10.9. The summed E-state index contributed by atoms with van der Waals surface area (Å²) >= 11 is 0. The highest BCUT2D eigenvalue weighted by Gasteiger charge is 2.60. The Morgan fingerprint density at radius 1 is 1.26 bits per heavy atom. The van der Waals surface area contributed by atoms with Gasteiger partial charge in [-0.3, -0.25) is 14.6 Å². The van der Waals surface area contributed by atoms with Crippen LogP contribution in [0.4, 0.5) is 4.39 Å². The zero-order valence-electron chi connectivity index (χ0n) is 15.2. The fourth-order valence-electron chi connectivity index (χ4n) is 4.89. The van der Waals surface area contributed by atoms with Gasteiger partial charge in [0.05, 0.1) is 17.2 Å². The highest BCUT2D eigenvalue weighted by Crippen LogP contribution is 2.52. The molecule has 140 valence electrons. The Hall–Kier alpha value is -2.76. The van der Waals surface area contributed by atoms with Gasteiger partial charge >= 0.3 is 0 Å².